The van der Waals surface area contributed by atoms with Crippen LogP contribution in [-0.2, 0) is 0 Å². The fourth-order valence-corrected chi connectivity index (χ4v) is 2.60. The van der Waals surface area contributed by atoms with E-state index in [0.717, 1.165) is 0 Å². The zero-order chi connectivity index (χ0) is 17.5. The van der Waals surface area contributed by atoms with Crippen LogP contribution in [0.3, 0.4) is 0 Å². The molecule has 0 radical (unpaired) electrons. The number of rotatable bonds is 4. The summed E-state index contributed by atoms with van der Waals surface area (Å²) in [5, 5.41) is 8.33. The molecule has 25 heavy (non-hydrogen) atoms. The Labute approximate surface area is 148 Å². The van der Waals surface area contributed by atoms with Gasteiger partial charge in [-0.1, -0.05) is 36.4 Å². The molecule has 126 valence electrons. The predicted molar refractivity (Wildman–Crippen MR) is 96.5 cm³/mol. The first-order chi connectivity index (χ1) is 12.2. The van der Waals surface area contributed by atoms with Gasteiger partial charge in [-0.05, 0) is 24.3 Å². The molecule has 0 aliphatic heterocycles. The van der Waals surface area contributed by atoms with Crippen LogP contribution in [0.15, 0.2) is 71.4 Å². The first-order valence-electron chi connectivity index (χ1n) is 7.34. The fourth-order valence-electron chi connectivity index (χ4n) is 1.95. The Morgan fingerprint density at radius 3 is 1.48 bits per heavy atom. The molecule has 6 nitrogen and oxygen atoms in total. The highest BCUT2D eigenvalue weighted by atomic mass is 32.1. The maximum absolute atomic E-state index is 11.9. The smallest absolute Gasteiger partial charge is 0.405 e. The van der Waals surface area contributed by atoms with Crippen LogP contribution in [0.5, 0.6) is 11.5 Å². The molecule has 0 saturated heterocycles. The van der Waals surface area contributed by atoms with Crippen LogP contribution in [0.4, 0.5) is 21.0 Å². The first-order valence-corrected chi connectivity index (χ1v) is 8.29. The van der Waals surface area contributed by atoms with Gasteiger partial charge in [0.25, 0.3) is 0 Å². The van der Waals surface area contributed by atoms with Gasteiger partial charge in [0.15, 0.2) is 11.5 Å². The van der Waals surface area contributed by atoms with Crippen LogP contribution in [0.2, 0.25) is 0 Å². The summed E-state index contributed by atoms with van der Waals surface area (Å²) in [6.45, 7) is 0. The Kier molecular flexibility index (Phi) is 5.28. The molecule has 0 bridgehead atoms. The number of amides is 2. The molecule has 0 aliphatic rings. The number of anilines is 2. The van der Waals surface area contributed by atoms with E-state index in [0.29, 0.717) is 11.4 Å². The van der Waals surface area contributed by atoms with Crippen LogP contribution >= 0.6 is 11.3 Å². The van der Waals surface area contributed by atoms with Gasteiger partial charge in [-0.15, -0.1) is 11.3 Å². The Balaban J connectivity index is 1.58. The number of nitrogens with one attached hydrogen (secondary N) is 2. The van der Waals surface area contributed by atoms with Crippen molar-refractivity contribution in [3.8, 4) is 11.5 Å². The third-order valence-corrected chi connectivity index (χ3v) is 3.74. The van der Waals surface area contributed by atoms with E-state index in [2.05, 4.69) is 10.6 Å². The van der Waals surface area contributed by atoms with Crippen molar-refractivity contribution in [3.05, 3.63) is 71.4 Å². The van der Waals surface area contributed by atoms with Crippen molar-refractivity contribution >= 4 is 34.9 Å². The van der Waals surface area contributed by atoms with Gasteiger partial charge in [0, 0.05) is 22.1 Å². The van der Waals surface area contributed by atoms with Gasteiger partial charge in [-0.25, -0.2) is 9.59 Å². The first kappa shape index (κ1) is 16.5. The lowest BCUT2D eigenvalue weighted by Crippen LogP contribution is -2.19. The molecule has 0 fully saturated rings. The second kappa shape index (κ2) is 7.98. The van der Waals surface area contributed by atoms with Gasteiger partial charge in [0.1, 0.15) is 0 Å². The van der Waals surface area contributed by atoms with E-state index in [1.165, 1.54) is 11.3 Å². The maximum atomic E-state index is 11.9. The van der Waals surface area contributed by atoms with Crippen LogP contribution in [0, 0.1) is 0 Å². The highest BCUT2D eigenvalue weighted by Crippen LogP contribution is 2.32. The van der Waals surface area contributed by atoms with E-state index in [1.54, 1.807) is 59.3 Å². The van der Waals surface area contributed by atoms with Crippen molar-refractivity contribution in [3.63, 3.8) is 0 Å². The van der Waals surface area contributed by atoms with E-state index in [4.69, 9.17) is 9.47 Å². The quantitative estimate of drug-likeness (QED) is 0.693. The summed E-state index contributed by atoms with van der Waals surface area (Å²) in [4.78, 5) is 23.8. The average molecular weight is 354 g/mol. The molecular formula is C18H14N2O4S. The monoisotopic (exact) mass is 354 g/mol. The third kappa shape index (κ3) is 4.82. The molecule has 7 heteroatoms. The standard InChI is InChI=1S/C18H14N2O4S/c21-17(19-13-7-3-1-4-8-13)23-15-11-25-12-16(15)24-18(22)20-14-9-5-2-6-10-14/h1-12H,(H,19,21)(H,20,22). The van der Waals surface area contributed by atoms with E-state index in [9.17, 15) is 9.59 Å². The lowest BCUT2D eigenvalue weighted by Gasteiger charge is -2.08. The number of carbonyl (C=O) groups excluding carboxylic acids is 2. The van der Waals surface area contributed by atoms with Crippen molar-refractivity contribution in [2.45, 2.75) is 0 Å². The molecule has 3 aromatic rings. The second-order valence-corrected chi connectivity index (χ2v) is 5.60. The molecule has 1 heterocycles. The molecule has 2 aromatic carbocycles. The van der Waals surface area contributed by atoms with E-state index < -0.39 is 12.2 Å². The summed E-state index contributed by atoms with van der Waals surface area (Å²) >= 11 is 1.25. The van der Waals surface area contributed by atoms with E-state index in [1.807, 2.05) is 12.1 Å². The van der Waals surface area contributed by atoms with Gasteiger partial charge in [0.05, 0.1) is 0 Å². The van der Waals surface area contributed by atoms with Crippen molar-refractivity contribution in [1.82, 2.24) is 0 Å². The minimum Gasteiger partial charge on any atom is -0.405 e. The van der Waals surface area contributed by atoms with Crippen LogP contribution < -0.4 is 20.1 Å². The molecule has 2 N–H and O–H groups in total. The summed E-state index contributed by atoms with van der Waals surface area (Å²) < 4.78 is 10.4. The Morgan fingerprint density at radius 1 is 0.680 bits per heavy atom. The molecule has 1 aromatic heterocycles. The minimum atomic E-state index is -0.669. The van der Waals surface area contributed by atoms with Crippen LogP contribution in [0.1, 0.15) is 0 Å². The highest BCUT2D eigenvalue weighted by molar-refractivity contribution is 7.08. The van der Waals surface area contributed by atoms with Gasteiger partial charge >= 0.3 is 12.2 Å². The highest BCUT2D eigenvalue weighted by Gasteiger charge is 2.15. The largest absolute Gasteiger partial charge is 0.417 e. The van der Waals surface area contributed by atoms with E-state index in [-0.39, 0.29) is 11.5 Å². The SMILES string of the molecule is O=C(Nc1ccccc1)Oc1cscc1OC(=O)Nc1ccccc1. The third-order valence-electron chi connectivity index (χ3n) is 3.04. The second-order valence-electron chi connectivity index (χ2n) is 4.86. The molecule has 0 spiro atoms. The predicted octanol–water partition coefficient (Wildman–Crippen LogP) is 4.97. The lowest BCUT2D eigenvalue weighted by atomic mass is 10.3. The number of hydrogen-bond acceptors (Lipinski definition) is 5. The van der Waals surface area contributed by atoms with Crippen LogP contribution in [0.25, 0.3) is 0 Å². The van der Waals surface area contributed by atoms with Crippen molar-refractivity contribution in [2.24, 2.45) is 0 Å². The summed E-state index contributed by atoms with van der Waals surface area (Å²) in [5.74, 6) is 0.336. The molecule has 0 unspecified atom stereocenters. The van der Waals surface area contributed by atoms with Crippen LogP contribution in [-0.4, -0.2) is 12.2 Å². The summed E-state index contributed by atoms with van der Waals surface area (Å²) in [6, 6.07) is 17.8. The molecule has 2 amide bonds. The fraction of sp³-hybridized carbons (Fsp3) is 0. The van der Waals surface area contributed by atoms with Gasteiger partial charge < -0.3 is 9.47 Å². The molecule has 0 saturated carbocycles. The number of carbonyl (C=O) groups is 2. The zero-order valence-corrected chi connectivity index (χ0v) is 13.8. The molecule has 3 rings (SSSR count). The summed E-state index contributed by atoms with van der Waals surface area (Å²) in [6.07, 6.45) is -1.34. The van der Waals surface area contributed by atoms with Gasteiger partial charge in [0.2, 0.25) is 0 Å². The maximum Gasteiger partial charge on any atom is 0.417 e. The molecule has 0 atom stereocenters. The molecular weight excluding hydrogens is 340 g/mol. The van der Waals surface area contributed by atoms with Crippen molar-refractivity contribution in [1.29, 1.82) is 0 Å². The number of benzene rings is 2. The van der Waals surface area contributed by atoms with Crippen molar-refractivity contribution < 1.29 is 19.1 Å². The Morgan fingerprint density at radius 2 is 1.08 bits per heavy atom. The summed E-state index contributed by atoms with van der Waals surface area (Å²) in [5.41, 5.74) is 1.21. The van der Waals surface area contributed by atoms with E-state index >= 15 is 0 Å². The van der Waals surface area contributed by atoms with Crippen molar-refractivity contribution in [2.75, 3.05) is 10.6 Å². The number of ether oxygens (including phenoxy) is 2. The Hall–Kier alpha value is -3.32. The zero-order valence-electron chi connectivity index (χ0n) is 13.0. The Bertz CT molecular complexity index is 780. The number of thiophene rings is 1. The topological polar surface area (TPSA) is 76.7 Å². The number of hydrogen-bond donors (Lipinski definition) is 2. The average Bonchev–Trinajstić information content (AvgIpc) is 3.03. The van der Waals surface area contributed by atoms with Gasteiger partial charge in [-0.3, -0.25) is 10.6 Å². The molecule has 0 aliphatic carbocycles. The summed E-state index contributed by atoms with van der Waals surface area (Å²) in [7, 11) is 0. The number of para-hydroxylation sites is 2. The van der Waals surface area contributed by atoms with Gasteiger partial charge in [-0.2, -0.15) is 0 Å². The minimum absolute atomic E-state index is 0.168. The normalized spacial score (nSPS) is 9.92. The lowest BCUT2D eigenvalue weighted by molar-refractivity contribution is 0.205.